The molecule has 78 valence electrons. The molecular weight excluding hydrogens is 236 g/mol. The molecule has 0 aliphatic carbocycles. The van der Waals surface area contributed by atoms with Gasteiger partial charge in [0.05, 0.1) is 4.90 Å². The van der Waals surface area contributed by atoms with Gasteiger partial charge >= 0.3 is 0 Å². The molecule has 1 rings (SSSR count). The van der Waals surface area contributed by atoms with Crippen molar-refractivity contribution in [3.8, 4) is 0 Å². The molecule has 0 saturated carbocycles. The molecule has 6 heteroatoms. The van der Waals surface area contributed by atoms with Crippen LogP contribution in [-0.2, 0) is 0 Å². The molecule has 0 saturated heterocycles. The van der Waals surface area contributed by atoms with Crippen LogP contribution in [0.3, 0.4) is 0 Å². The lowest BCUT2D eigenvalue weighted by molar-refractivity contribution is 0.0960. The Morgan fingerprint density at radius 2 is 1.71 bits per heavy atom. The Bertz CT molecular complexity index is 292. The van der Waals surface area contributed by atoms with E-state index in [1.165, 1.54) is 18.2 Å². The van der Waals surface area contributed by atoms with Crippen molar-refractivity contribution in [2.45, 2.75) is 16.8 Å². The van der Waals surface area contributed by atoms with E-state index < -0.39 is 17.7 Å². The van der Waals surface area contributed by atoms with Crippen molar-refractivity contribution < 1.29 is 17.6 Å². The molecule has 1 aromatic rings. The first-order chi connectivity index (χ1) is 6.61. The molecule has 0 fully saturated rings. The summed E-state index contributed by atoms with van der Waals surface area (Å²) >= 11 is 0. The number of benzene rings is 1. The summed E-state index contributed by atoms with van der Waals surface area (Å²) in [5.74, 6) is -0.536. The Hall–Kier alpha value is -0.360. The zero-order valence-corrected chi connectivity index (χ0v) is 8.43. The van der Waals surface area contributed by atoms with Crippen LogP contribution in [0, 0.1) is 5.82 Å². The van der Waals surface area contributed by atoms with Gasteiger partial charge < -0.3 is 0 Å². The molecule has 1 atom stereocenters. The van der Waals surface area contributed by atoms with E-state index in [-0.39, 0.29) is 4.90 Å². The molecule has 14 heavy (non-hydrogen) atoms. The first-order valence-electron chi connectivity index (χ1n) is 3.61. The van der Waals surface area contributed by atoms with Gasteiger partial charge in [0.2, 0.25) is 5.50 Å². The zero-order valence-electron chi connectivity index (χ0n) is 6.79. The van der Waals surface area contributed by atoms with Crippen LogP contribution in [0.25, 0.3) is 0 Å². The fourth-order valence-electron chi connectivity index (χ4n) is 0.652. The summed E-state index contributed by atoms with van der Waals surface area (Å²) < 4.78 is 48.8. The quantitative estimate of drug-likeness (QED) is 0.575. The number of rotatable bonds is 4. The van der Waals surface area contributed by atoms with Crippen molar-refractivity contribution in [2.75, 3.05) is 0 Å². The lowest BCUT2D eigenvalue weighted by Crippen LogP contribution is -2.04. The molecule has 0 nitrogen and oxygen atoms in total. The van der Waals surface area contributed by atoms with E-state index in [9.17, 15) is 17.6 Å². The van der Waals surface area contributed by atoms with Gasteiger partial charge in [0, 0.05) is 0 Å². The second-order valence-electron chi connectivity index (χ2n) is 2.30. The topological polar surface area (TPSA) is 0 Å². The van der Waals surface area contributed by atoms with E-state index in [4.69, 9.17) is 0 Å². The summed E-state index contributed by atoms with van der Waals surface area (Å²) in [6.45, 7) is 0. The molecule has 0 aliphatic heterocycles. The summed E-state index contributed by atoms with van der Waals surface area (Å²) in [6.07, 6.45) is -3.04. The van der Waals surface area contributed by atoms with E-state index in [2.05, 4.69) is 0 Å². The van der Waals surface area contributed by atoms with Crippen LogP contribution in [0.1, 0.15) is 0 Å². The maximum Gasteiger partial charge on any atom is 0.279 e. The number of alkyl halides is 3. The summed E-state index contributed by atoms with van der Waals surface area (Å²) in [6, 6.07) is 5.63. The van der Waals surface area contributed by atoms with Gasteiger partial charge in [-0.2, -0.15) is 0 Å². The van der Waals surface area contributed by atoms with Crippen molar-refractivity contribution in [2.24, 2.45) is 0 Å². The molecule has 0 radical (unpaired) electrons. The van der Waals surface area contributed by atoms with Gasteiger partial charge in [-0.25, -0.2) is 17.6 Å². The Kier molecular flexibility index (Phi) is 4.60. The fourth-order valence-corrected chi connectivity index (χ4v) is 2.46. The van der Waals surface area contributed by atoms with Crippen LogP contribution < -0.4 is 0 Å². The highest BCUT2D eigenvalue weighted by Crippen LogP contribution is 2.38. The van der Waals surface area contributed by atoms with Crippen molar-refractivity contribution in [1.82, 2.24) is 0 Å². The standard InChI is InChI=1S/C8H6F4S2/c9-5-3-1-2-4-6(5)13-14-8(12)7(10)11/h1-4,7-8H. The molecule has 0 amide bonds. The van der Waals surface area contributed by atoms with Crippen LogP contribution in [0.4, 0.5) is 17.6 Å². The van der Waals surface area contributed by atoms with E-state index >= 15 is 0 Å². The molecule has 0 heterocycles. The van der Waals surface area contributed by atoms with Crippen LogP contribution >= 0.6 is 21.6 Å². The minimum atomic E-state index is -3.04. The molecule has 1 unspecified atom stereocenters. The minimum absolute atomic E-state index is 0.154. The molecule has 0 aromatic heterocycles. The lowest BCUT2D eigenvalue weighted by Gasteiger charge is -2.05. The molecule has 0 bridgehead atoms. The normalized spacial score (nSPS) is 13.2. The molecule has 0 spiro atoms. The first-order valence-corrected chi connectivity index (χ1v) is 5.82. The third-order valence-electron chi connectivity index (χ3n) is 1.26. The summed E-state index contributed by atoms with van der Waals surface area (Å²) in [5, 5.41) is 0. The van der Waals surface area contributed by atoms with Gasteiger partial charge in [0.25, 0.3) is 6.43 Å². The summed E-state index contributed by atoms with van der Waals surface area (Å²) in [5.41, 5.74) is -2.29. The molecular formula is C8H6F4S2. The highest BCUT2D eigenvalue weighted by Gasteiger charge is 2.20. The highest BCUT2D eigenvalue weighted by atomic mass is 33.1. The van der Waals surface area contributed by atoms with Gasteiger partial charge in [0.1, 0.15) is 5.82 Å². The van der Waals surface area contributed by atoms with Crippen LogP contribution in [0.5, 0.6) is 0 Å². The van der Waals surface area contributed by atoms with Crippen LogP contribution in [-0.4, -0.2) is 11.9 Å². The Labute approximate surface area is 86.5 Å². The minimum Gasteiger partial charge on any atom is -0.228 e. The number of hydrogen-bond donors (Lipinski definition) is 0. The monoisotopic (exact) mass is 242 g/mol. The highest BCUT2D eigenvalue weighted by molar-refractivity contribution is 8.76. The van der Waals surface area contributed by atoms with Gasteiger partial charge in [-0.05, 0) is 22.9 Å². The predicted molar refractivity (Wildman–Crippen MR) is 50.7 cm³/mol. The van der Waals surface area contributed by atoms with Crippen molar-refractivity contribution in [3.05, 3.63) is 30.1 Å². The Morgan fingerprint density at radius 1 is 1.07 bits per heavy atom. The average Bonchev–Trinajstić information content (AvgIpc) is 2.16. The van der Waals surface area contributed by atoms with Crippen molar-refractivity contribution >= 4 is 21.6 Å². The number of hydrogen-bond acceptors (Lipinski definition) is 2. The maximum absolute atomic E-state index is 12.9. The third-order valence-corrected chi connectivity index (χ3v) is 3.64. The van der Waals surface area contributed by atoms with Gasteiger partial charge in [-0.1, -0.05) is 22.9 Å². The number of halogens is 4. The second-order valence-corrected chi connectivity index (χ2v) is 4.62. The van der Waals surface area contributed by atoms with Crippen molar-refractivity contribution in [3.63, 3.8) is 0 Å². The third kappa shape index (κ3) is 3.42. The van der Waals surface area contributed by atoms with E-state index in [1.54, 1.807) is 6.07 Å². The smallest absolute Gasteiger partial charge is 0.228 e. The van der Waals surface area contributed by atoms with Crippen molar-refractivity contribution in [1.29, 1.82) is 0 Å². The van der Waals surface area contributed by atoms with E-state index in [0.29, 0.717) is 21.6 Å². The molecule has 1 aromatic carbocycles. The summed E-state index contributed by atoms with van der Waals surface area (Å²) in [7, 11) is 0.982. The van der Waals surface area contributed by atoms with E-state index in [0.717, 1.165) is 0 Å². The lowest BCUT2D eigenvalue weighted by atomic mass is 10.4. The Balaban J connectivity index is 2.50. The average molecular weight is 242 g/mol. The molecule has 0 N–H and O–H groups in total. The summed E-state index contributed by atoms with van der Waals surface area (Å²) in [4.78, 5) is 0.154. The largest absolute Gasteiger partial charge is 0.279 e. The van der Waals surface area contributed by atoms with Crippen LogP contribution in [0.15, 0.2) is 29.2 Å². The second kappa shape index (κ2) is 5.50. The van der Waals surface area contributed by atoms with Gasteiger partial charge in [-0.3, -0.25) is 0 Å². The van der Waals surface area contributed by atoms with Crippen LogP contribution in [0.2, 0.25) is 0 Å². The molecule has 0 aliphatic rings. The maximum atomic E-state index is 12.9. The fraction of sp³-hybridized carbons (Fsp3) is 0.250. The first kappa shape index (κ1) is 11.7. The van der Waals surface area contributed by atoms with E-state index in [1.807, 2.05) is 0 Å². The predicted octanol–water partition coefficient (Wildman–Crippen LogP) is 4.13. The zero-order chi connectivity index (χ0) is 10.6. The van der Waals surface area contributed by atoms with Gasteiger partial charge in [0.15, 0.2) is 0 Å². The van der Waals surface area contributed by atoms with Gasteiger partial charge in [-0.15, -0.1) is 0 Å². The SMILES string of the molecule is Fc1ccccc1SSC(F)C(F)F. The Morgan fingerprint density at radius 3 is 2.29 bits per heavy atom.